The summed E-state index contributed by atoms with van der Waals surface area (Å²) in [4.78, 5) is 4.96. The summed E-state index contributed by atoms with van der Waals surface area (Å²) in [6, 6.07) is 16.7. The summed E-state index contributed by atoms with van der Waals surface area (Å²) in [5.74, 6) is 2.12. The van der Waals surface area contributed by atoms with E-state index in [1.807, 2.05) is 0 Å². The average molecular weight is 520 g/mol. The smallest absolute Gasteiger partial charge is 0.231 e. The van der Waals surface area contributed by atoms with Crippen LogP contribution in [0.4, 0.5) is 0 Å². The van der Waals surface area contributed by atoms with Crippen LogP contribution in [0.2, 0.25) is 0 Å². The van der Waals surface area contributed by atoms with Crippen molar-refractivity contribution in [2.45, 2.75) is 105 Å². The van der Waals surface area contributed by atoms with Crippen LogP contribution in [0.5, 0.6) is 0 Å². The third kappa shape index (κ3) is 5.15. The van der Waals surface area contributed by atoms with Gasteiger partial charge in [-0.2, -0.15) is 4.57 Å². The maximum absolute atomic E-state index is 4.96. The quantitative estimate of drug-likeness (QED) is 0.232. The van der Waals surface area contributed by atoms with E-state index in [1.54, 1.807) is 0 Å². The molecule has 1 aliphatic rings. The fraction of sp³-hybridized carbons (Fsp3) is 0.459. The van der Waals surface area contributed by atoms with Crippen molar-refractivity contribution in [2.24, 2.45) is 7.05 Å². The van der Waals surface area contributed by atoms with E-state index >= 15 is 0 Å². The Labute approximate surface area is 236 Å². The topological polar surface area (TPSA) is 16.8 Å². The monoisotopic (exact) mass is 519 g/mol. The van der Waals surface area contributed by atoms with Gasteiger partial charge in [0, 0.05) is 6.07 Å². The standard InChI is InChI=1S/C37H47N2/c1-22(2)29-17-31(23(3)4)37(32(18-29)24(5)6)30-16-25(7)26(8)33(19-30)36-21-38-34-15-14-28(20-35(34)39(36)9)27-12-10-11-13-27/h14-24,27H,10-13H2,1-9H3/q+1. The average Bonchev–Trinajstić information content (AvgIpc) is 3.45. The summed E-state index contributed by atoms with van der Waals surface area (Å²) < 4.78 is 2.38. The van der Waals surface area contributed by atoms with Gasteiger partial charge in [-0.05, 0) is 107 Å². The summed E-state index contributed by atoms with van der Waals surface area (Å²) >= 11 is 0. The summed E-state index contributed by atoms with van der Waals surface area (Å²) in [6.45, 7) is 18.5. The maximum atomic E-state index is 4.96. The Kier molecular flexibility index (Phi) is 7.68. The second kappa shape index (κ2) is 10.9. The second-order valence-electron chi connectivity index (χ2n) is 12.9. The first-order chi connectivity index (χ1) is 18.6. The highest BCUT2D eigenvalue weighted by Gasteiger charge is 2.24. The molecule has 1 saturated carbocycles. The lowest BCUT2D eigenvalue weighted by Gasteiger charge is -2.24. The minimum absolute atomic E-state index is 0.453. The lowest BCUT2D eigenvalue weighted by atomic mass is 9.80. The van der Waals surface area contributed by atoms with Crippen LogP contribution in [0.3, 0.4) is 0 Å². The SMILES string of the molecule is Cc1cc(-c2c(C(C)C)cc(C(C)C)cc2C(C)C)cc(-c2cnc3ccc(C4CCCC4)cc3[n+]2C)c1C. The van der Waals surface area contributed by atoms with E-state index in [-0.39, 0.29) is 0 Å². The summed E-state index contributed by atoms with van der Waals surface area (Å²) in [5, 5.41) is 0. The normalized spacial score (nSPS) is 14.5. The van der Waals surface area contributed by atoms with E-state index in [0.29, 0.717) is 23.7 Å². The fourth-order valence-electron chi connectivity index (χ4n) is 6.59. The van der Waals surface area contributed by atoms with Crippen LogP contribution < -0.4 is 4.57 Å². The molecule has 39 heavy (non-hydrogen) atoms. The van der Waals surface area contributed by atoms with Crippen molar-refractivity contribution in [3.63, 3.8) is 0 Å². The van der Waals surface area contributed by atoms with Crippen molar-refractivity contribution < 1.29 is 4.57 Å². The molecule has 1 aromatic heterocycles. The molecule has 1 fully saturated rings. The Morgan fingerprint density at radius 1 is 0.795 bits per heavy atom. The van der Waals surface area contributed by atoms with E-state index in [0.717, 1.165) is 5.52 Å². The van der Waals surface area contributed by atoms with Crippen molar-refractivity contribution in [1.29, 1.82) is 0 Å². The van der Waals surface area contributed by atoms with E-state index in [2.05, 4.69) is 116 Å². The minimum Gasteiger partial charge on any atom is -0.243 e. The highest BCUT2D eigenvalue weighted by molar-refractivity contribution is 5.80. The molecule has 2 nitrogen and oxygen atoms in total. The van der Waals surface area contributed by atoms with E-state index in [9.17, 15) is 0 Å². The molecular weight excluding hydrogens is 472 g/mol. The van der Waals surface area contributed by atoms with Gasteiger partial charge in [0.15, 0.2) is 0 Å². The minimum atomic E-state index is 0.453. The first kappa shape index (κ1) is 27.6. The van der Waals surface area contributed by atoms with Crippen molar-refractivity contribution in [2.75, 3.05) is 0 Å². The Bertz CT molecular complexity index is 1490. The highest BCUT2D eigenvalue weighted by Crippen LogP contribution is 2.41. The third-order valence-corrected chi connectivity index (χ3v) is 9.24. The largest absolute Gasteiger partial charge is 0.243 e. The van der Waals surface area contributed by atoms with Crippen molar-refractivity contribution in [3.8, 4) is 22.4 Å². The predicted molar refractivity (Wildman–Crippen MR) is 167 cm³/mol. The van der Waals surface area contributed by atoms with Gasteiger partial charge in [-0.1, -0.05) is 78.6 Å². The Morgan fingerprint density at radius 3 is 2.03 bits per heavy atom. The number of rotatable bonds is 6. The van der Waals surface area contributed by atoms with Gasteiger partial charge in [-0.25, -0.2) is 4.98 Å². The molecule has 5 rings (SSSR count). The van der Waals surface area contributed by atoms with Crippen LogP contribution in [0.15, 0.2) is 48.7 Å². The molecule has 0 aliphatic heterocycles. The maximum Gasteiger partial charge on any atom is 0.231 e. The predicted octanol–water partition coefficient (Wildman–Crippen LogP) is 10.0. The summed E-state index contributed by atoms with van der Waals surface area (Å²) in [6.07, 6.45) is 7.42. The number of nitrogens with zero attached hydrogens (tertiary/aromatic N) is 2. The van der Waals surface area contributed by atoms with Gasteiger partial charge in [-0.3, -0.25) is 0 Å². The van der Waals surface area contributed by atoms with Crippen LogP contribution >= 0.6 is 0 Å². The molecule has 204 valence electrons. The van der Waals surface area contributed by atoms with Crippen LogP contribution in [-0.4, -0.2) is 4.98 Å². The molecule has 1 heterocycles. The van der Waals surface area contributed by atoms with E-state index < -0.39 is 0 Å². The molecular formula is C37H47N2+. The number of hydrogen-bond donors (Lipinski definition) is 0. The molecule has 3 aromatic carbocycles. The van der Waals surface area contributed by atoms with Gasteiger partial charge < -0.3 is 0 Å². The van der Waals surface area contributed by atoms with Gasteiger partial charge in [0.25, 0.3) is 0 Å². The Morgan fingerprint density at radius 2 is 1.44 bits per heavy atom. The van der Waals surface area contributed by atoms with Gasteiger partial charge in [0.1, 0.15) is 18.8 Å². The molecule has 0 saturated heterocycles. The fourth-order valence-corrected chi connectivity index (χ4v) is 6.59. The number of hydrogen-bond acceptors (Lipinski definition) is 1. The van der Waals surface area contributed by atoms with Gasteiger partial charge in [-0.15, -0.1) is 0 Å². The van der Waals surface area contributed by atoms with Crippen LogP contribution in [0.25, 0.3) is 33.4 Å². The first-order valence-corrected chi connectivity index (χ1v) is 15.1. The van der Waals surface area contributed by atoms with Crippen LogP contribution in [0, 0.1) is 13.8 Å². The zero-order valence-electron chi connectivity index (χ0n) is 25.7. The van der Waals surface area contributed by atoms with Gasteiger partial charge in [0.05, 0.1) is 5.56 Å². The molecule has 0 atom stereocenters. The van der Waals surface area contributed by atoms with E-state index in [1.165, 1.54) is 87.0 Å². The van der Waals surface area contributed by atoms with Gasteiger partial charge >= 0.3 is 0 Å². The molecule has 1 aliphatic carbocycles. The van der Waals surface area contributed by atoms with Crippen molar-refractivity contribution in [3.05, 3.63) is 82.0 Å². The van der Waals surface area contributed by atoms with Crippen LogP contribution in [-0.2, 0) is 7.05 Å². The summed E-state index contributed by atoms with van der Waals surface area (Å²) in [5.41, 5.74) is 16.0. The highest BCUT2D eigenvalue weighted by atomic mass is 15.0. The third-order valence-electron chi connectivity index (χ3n) is 9.24. The molecule has 0 spiro atoms. The molecule has 4 aromatic rings. The van der Waals surface area contributed by atoms with Crippen LogP contribution in [0.1, 0.15) is 124 Å². The van der Waals surface area contributed by atoms with Crippen molar-refractivity contribution >= 4 is 11.0 Å². The number of benzene rings is 3. The summed E-state index contributed by atoms with van der Waals surface area (Å²) in [7, 11) is 2.22. The lowest BCUT2D eigenvalue weighted by Crippen LogP contribution is -2.33. The zero-order valence-corrected chi connectivity index (χ0v) is 25.7. The zero-order chi connectivity index (χ0) is 28.0. The molecule has 0 N–H and O–H groups in total. The molecule has 2 heteroatoms. The second-order valence-corrected chi connectivity index (χ2v) is 12.9. The molecule has 0 bridgehead atoms. The first-order valence-electron chi connectivity index (χ1n) is 15.1. The number of aromatic nitrogens is 2. The Hall–Kier alpha value is -3.00. The van der Waals surface area contributed by atoms with E-state index in [4.69, 9.17) is 4.98 Å². The molecule has 0 unspecified atom stereocenters. The number of fused-ring (bicyclic) bond motifs is 1. The lowest BCUT2D eigenvalue weighted by molar-refractivity contribution is -0.634. The number of aryl methyl sites for hydroxylation is 2. The molecule has 0 amide bonds. The Balaban J connectivity index is 1.72. The van der Waals surface area contributed by atoms with Crippen molar-refractivity contribution in [1.82, 2.24) is 4.98 Å². The molecule has 0 radical (unpaired) electrons. The van der Waals surface area contributed by atoms with Gasteiger partial charge in [0.2, 0.25) is 11.2 Å².